The van der Waals surface area contributed by atoms with Crippen LogP contribution in [0.5, 0.6) is 0 Å². The van der Waals surface area contributed by atoms with Crippen molar-refractivity contribution in [1.82, 2.24) is 0 Å². The summed E-state index contributed by atoms with van der Waals surface area (Å²) in [6.07, 6.45) is 58.5. The fourth-order valence-electron chi connectivity index (χ4n) is 11.7. The molecule has 0 aliphatic carbocycles. The van der Waals surface area contributed by atoms with Crippen LogP contribution in [0.1, 0.15) is 401 Å². The van der Waals surface area contributed by atoms with E-state index in [1.165, 1.54) is 218 Å². The van der Waals surface area contributed by atoms with Crippen LogP contribution in [-0.4, -0.2) is 96.7 Å². The molecule has 0 aromatic heterocycles. The number of carbonyl (C=O) groups is 4. The van der Waals surface area contributed by atoms with Crippen LogP contribution in [0.15, 0.2) is 0 Å². The van der Waals surface area contributed by atoms with E-state index in [2.05, 4.69) is 34.6 Å². The van der Waals surface area contributed by atoms with Gasteiger partial charge >= 0.3 is 39.5 Å². The highest BCUT2D eigenvalue weighted by Crippen LogP contribution is 2.45. The first kappa shape index (κ1) is 93.1. The molecule has 0 heterocycles. The summed E-state index contributed by atoms with van der Waals surface area (Å²) in [6, 6.07) is 0. The molecule has 0 rings (SSSR count). The summed E-state index contributed by atoms with van der Waals surface area (Å²) in [5, 5.41) is 10.6. The number of aliphatic hydroxyl groups excluding tert-OH is 1. The zero-order valence-corrected chi connectivity index (χ0v) is 63.6. The zero-order chi connectivity index (χ0) is 69.8. The van der Waals surface area contributed by atoms with Crippen LogP contribution in [0.3, 0.4) is 0 Å². The first-order valence-electron chi connectivity index (χ1n) is 39.6. The highest BCUT2D eigenvalue weighted by atomic mass is 31.2. The number of ether oxygens (including phenoxy) is 4. The number of hydrogen-bond donors (Lipinski definition) is 3. The molecule has 19 heteroatoms. The van der Waals surface area contributed by atoms with Gasteiger partial charge in [0.05, 0.1) is 26.4 Å². The number of esters is 4. The average Bonchev–Trinajstić information content (AvgIpc) is 1.69. The molecule has 0 aliphatic rings. The Bertz CT molecular complexity index is 1820. The zero-order valence-electron chi connectivity index (χ0n) is 61.8. The first-order chi connectivity index (χ1) is 46.0. The Kier molecular flexibility index (Phi) is 67.7. The van der Waals surface area contributed by atoms with Gasteiger partial charge in [-0.15, -0.1) is 0 Å². The smallest absolute Gasteiger partial charge is 0.462 e. The Morgan fingerprint density at radius 3 is 0.716 bits per heavy atom. The van der Waals surface area contributed by atoms with E-state index in [-0.39, 0.29) is 25.7 Å². The molecule has 95 heavy (non-hydrogen) atoms. The number of hydrogen-bond acceptors (Lipinski definition) is 15. The molecule has 0 saturated heterocycles. The Morgan fingerprint density at radius 2 is 0.484 bits per heavy atom. The molecule has 5 atom stereocenters. The largest absolute Gasteiger partial charge is 0.472 e. The molecule has 564 valence electrons. The van der Waals surface area contributed by atoms with Crippen LogP contribution in [0, 0.1) is 5.92 Å². The molecular formula is C76H148O17P2. The van der Waals surface area contributed by atoms with Gasteiger partial charge in [0.1, 0.15) is 19.3 Å². The third-order valence-corrected chi connectivity index (χ3v) is 19.7. The van der Waals surface area contributed by atoms with Crippen molar-refractivity contribution in [2.24, 2.45) is 5.92 Å². The first-order valence-corrected chi connectivity index (χ1v) is 42.6. The number of aliphatic hydroxyl groups is 1. The van der Waals surface area contributed by atoms with Gasteiger partial charge in [-0.25, -0.2) is 9.13 Å². The summed E-state index contributed by atoms with van der Waals surface area (Å²) in [5.41, 5.74) is 0. The van der Waals surface area contributed by atoms with Gasteiger partial charge in [0.25, 0.3) is 0 Å². The minimum Gasteiger partial charge on any atom is -0.462 e. The SMILES string of the molecule is CCCCCCCCCCCCCCCCCCCCCCCC(=O)O[C@H](COC(=O)CCCCCCCCCCCCCCCC)COP(=O)(O)OC[C@@H](O)COP(=O)(O)OC[C@@H](COC(=O)CCCCCCCCC(C)C)OC(=O)CCCCCCCCCCCCC. The predicted molar refractivity (Wildman–Crippen MR) is 386 cm³/mol. The van der Waals surface area contributed by atoms with Gasteiger partial charge in [-0.2, -0.15) is 0 Å². The van der Waals surface area contributed by atoms with Crippen molar-refractivity contribution < 1.29 is 80.2 Å². The quantitative estimate of drug-likeness (QED) is 0.0222. The highest BCUT2D eigenvalue weighted by molar-refractivity contribution is 7.47. The van der Waals surface area contributed by atoms with E-state index in [1.807, 2.05) is 0 Å². The normalized spacial score (nSPS) is 13.9. The molecule has 0 bridgehead atoms. The molecular weight excluding hydrogens is 1250 g/mol. The van der Waals surface area contributed by atoms with Crippen LogP contribution in [0.4, 0.5) is 0 Å². The molecule has 2 unspecified atom stereocenters. The van der Waals surface area contributed by atoms with Crippen molar-refractivity contribution in [2.45, 2.75) is 419 Å². The van der Waals surface area contributed by atoms with Gasteiger partial charge in [-0.05, 0) is 31.6 Å². The summed E-state index contributed by atoms with van der Waals surface area (Å²) in [7, 11) is -9.91. The molecule has 0 saturated carbocycles. The second-order valence-electron chi connectivity index (χ2n) is 27.9. The van der Waals surface area contributed by atoms with E-state index in [4.69, 9.17) is 37.0 Å². The van der Waals surface area contributed by atoms with Gasteiger partial charge in [-0.3, -0.25) is 37.3 Å². The van der Waals surface area contributed by atoms with E-state index < -0.39 is 97.5 Å². The molecule has 0 aromatic rings. The molecule has 17 nitrogen and oxygen atoms in total. The third kappa shape index (κ3) is 70.3. The van der Waals surface area contributed by atoms with Crippen molar-refractivity contribution in [3.05, 3.63) is 0 Å². The molecule has 3 N–H and O–H groups in total. The summed E-state index contributed by atoms with van der Waals surface area (Å²) < 4.78 is 68.4. The van der Waals surface area contributed by atoms with Crippen molar-refractivity contribution in [3.63, 3.8) is 0 Å². The average molecular weight is 1400 g/mol. The maximum atomic E-state index is 13.1. The third-order valence-electron chi connectivity index (χ3n) is 17.8. The Morgan fingerprint density at radius 1 is 0.284 bits per heavy atom. The van der Waals surface area contributed by atoms with Gasteiger partial charge in [0, 0.05) is 25.7 Å². The number of unbranched alkanes of at least 4 members (excludes halogenated alkanes) is 48. The van der Waals surface area contributed by atoms with Crippen molar-refractivity contribution >= 4 is 39.5 Å². The van der Waals surface area contributed by atoms with E-state index in [0.29, 0.717) is 31.6 Å². The standard InChI is InChI=1S/C76H148O17P2/c1-6-9-12-15-18-21-24-26-28-29-30-31-32-33-34-36-39-42-45-52-57-62-76(81)92-71(65-86-73(78)59-54-49-43-40-38-35-27-25-22-19-16-13-10-7-2)67-90-94(82,83)88-63-70(77)64-89-95(84,85)91-68-72(66-87-74(79)60-55-50-47-46-48-53-58-69(4)5)93-75(80)61-56-51-44-41-37-23-20-17-14-11-8-3/h69-72,77H,6-68H2,1-5H3,(H,82,83)(H,84,85)/t70-,71-,72-/m1/s1. The number of rotatable bonds is 76. The van der Waals surface area contributed by atoms with Crippen molar-refractivity contribution in [2.75, 3.05) is 39.6 Å². The second kappa shape index (κ2) is 69.2. The minimum atomic E-state index is -4.96. The van der Waals surface area contributed by atoms with Gasteiger partial charge < -0.3 is 33.8 Å². The predicted octanol–water partition coefficient (Wildman–Crippen LogP) is 22.5. The maximum absolute atomic E-state index is 13.1. The summed E-state index contributed by atoms with van der Waals surface area (Å²) >= 11 is 0. The lowest BCUT2D eigenvalue weighted by molar-refractivity contribution is -0.161. The van der Waals surface area contributed by atoms with Gasteiger partial charge in [0.15, 0.2) is 12.2 Å². The van der Waals surface area contributed by atoms with Crippen molar-refractivity contribution in [1.29, 1.82) is 0 Å². The van der Waals surface area contributed by atoms with Gasteiger partial charge in [-0.1, -0.05) is 349 Å². The molecule has 0 amide bonds. The fourth-order valence-corrected chi connectivity index (χ4v) is 13.3. The molecule has 0 radical (unpaired) electrons. The van der Waals surface area contributed by atoms with E-state index in [1.54, 1.807) is 0 Å². The minimum absolute atomic E-state index is 0.106. The van der Waals surface area contributed by atoms with Gasteiger partial charge in [0.2, 0.25) is 0 Å². The van der Waals surface area contributed by atoms with E-state index >= 15 is 0 Å². The maximum Gasteiger partial charge on any atom is 0.472 e. The summed E-state index contributed by atoms with van der Waals surface area (Å²) in [4.78, 5) is 72.7. The van der Waals surface area contributed by atoms with Crippen LogP contribution in [0.25, 0.3) is 0 Å². The lowest BCUT2D eigenvalue weighted by Gasteiger charge is -2.21. The fraction of sp³-hybridized carbons (Fsp3) is 0.947. The van der Waals surface area contributed by atoms with Crippen molar-refractivity contribution in [3.8, 4) is 0 Å². The number of phosphoric ester groups is 2. The topological polar surface area (TPSA) is 237 Å². The number of phosphoric acid groups is 2. The molecule has 0 aliphatic heterocycles. The lowest BCUT2D eigenvalue weighted by Crippen LogP contribution is -2.30. The molecule has 0 aromatic carbocycles. The Hall–Kier alpha value is -1.94. The van der Waals surface area contributed by atoms with Crippen LogP contribution < -0.4 is 0 Å². The monoisotopic (exact) mass is 1400 g/mol. The van der Waals surface area contributed by atoms with Crippen LogP contribution >= 0.6 is 15.6 Å². The number of carbonyl (C=O) groups excluding carboxylic acids is 4. The molecule has 0 fully saturated rings. The molecule has 0 spiro atoms. The second-order valence-corrected chi connectivity index (χ2v) is 30.8. The van der Waals surface area contributed by atoms with Crippen LogP contribution in [0.2, 0.25) is 0 Å². The van der Waals surface area contributed by atoms with E-state index in [9.17, 15) is 43.2 Å². The highest BCUT2D eigenvalue weighted by Gasteiger charge is 2.30. The Balaban J connectivity index is 5.18. The lowest BCUT2D eigenvalue weighted by atomic mass is 10.0. The van der Waals surface area contributed by atoms with E-state index in [0.717, 1.165) is 96.3 Å². The van der Waals surface area contributed by atoms with Crippen LogP contribution in [-0.2, 0) is 65.4 Å². The summed E-state index contributed by atoms with van der Waals surface area (Å²) in [5.74, 6) is -1.44. The summed E-state index contributed by atoms with van der Waals surface area (Å²) in [6.45, 7) is 7.20. The Labute approximate surface area is 581 Å².